The van der Waals surface area contributed by atoms with Crippen molar-refractivity contribution in [3.63, 3.8) is 0 Å². The molecule has 2 aliphatic heterocycles. The van der Waals surface area contributed by atoms with Crippen molar-refractivity contribution >= 4 is 22.7 Å². The van der Waals surface area contributed by atoms with E-state index in [1.807, 2.05) is 0 Å². The summed E-state index contributed by atoms with van der Waals surface area (Å²) in [6.45, 7) is 6.53. The summed E-state index contributed by atoms with van der Waals surface area (Å²) in [4.78, 5) is 4.98. The maximum absolute atomic E-state index is 4.21. The second-order valence-corrected chi connectivity index (χ2v) is 7.14. The molecule has 0 saturated carbocycles. The molecule has 3 unspecified atom stereocenters. The minimum absolute atomic E-state index is 0.206. The van der Waals surface area contributed by atoms with Crippen LogP contribution in [0.3, 0.4) is 0 Å². The lowest BCUT2D eigenvalue weighted by Crippen LogP contribution is -2.48. The van der Waals surface area contributed by atoms with Gasteiger partial charge >= 0.3 is 0 Å². The molecule has 0 N–H and O–H groups in total. The minimum atomic E-state index is 0.206. The second kappa shape index (κ2) is 5.77. The van der Waals surface area contributed by atoms with Crippen molar-refractivity contribution < 1.29 is 0 Å². The smallest absolute Gasteiger partial charge is 0.118 e. The Kier molecular flexibility index (Phi) is 3.39. The van der Waals surface area contributed by atoms with Gasteiger partial charge in [0.2, 0.25) is 0 Å². The first-order valence-corrected chi connectivity index (χ1v) is 9.25. The Hall–Kier alpha value is -3.00. The molecule has 0 radical (unpaired) electrons. The van der Waals surface area contributed by atoms with E-state index < -0.39 is 0 Å². The molecule has 26 heavy (non-hydrogen) atoms. The zero-order valence-corrected chi connectivity index (χ0v) is 14.9. The molecule has 2 heterocycles. The first kappa shape index (κ1) is 15.3. The van der Waals surface area contributed by atoms with E-state index in [-0.39, 0.29) is 6.17 Å². The van der Waals surface area contributed by atoms with Gasteiger partial charge in [0.25, 0.3) is 0 Å². The van der Waals surface area contributed by atoms with Gasteiger partial charge in [0.1, 0.15) is 6.17 Å². The van der Waals surface area contributed by atoms with Crippen LogP contribution in [-0.4, -0.2) is 6.17 Å². The molecule has 128 valence electrons. The monoisotopic (exact) mass is 338 g/mol. The summed E-state index contributed by atoms with van der Waals surface area (Å²) in [7, 11) is 0. The predicted octanol–water partition coefficient (Wildman–Crippen LogP) is 6.22. The van der Waals surface area contributed by atoms with Crippen LogP contribution >= 0.6 is 0 Å². The molecule has 0 spiro atoms. The number of fused-ring (bicyclic) bond motifs is 5. The van der Waals surface area contributed by atoms with Crippen molar-refractivity contribution in [2.75, 3.05) is 9.80 Å². The molecule has 0 aromatic heterocycles. The van der Waals surface area contributed by atoms with Gasteiger partial charge in [0.05, 0.1) is 11.4 Å². The molecular weight excluding hydrogens is 316 g/mol. The van der Waals surface area contributed by atoms with Crippen molar-refractivity contribution in [2.45, 2.75) is 19.0 Å². The Labute approximate surface area is 155 Å². The molecular formula is C24H22N2. The fraction of sp³-hybridized carbons (Fsp3) is 0.167. The van der Waals surface area contributed by atoms with E-state index in [0.29, 0.717) is 11.8 Å². The Morgan fingerprint density at radius 1 is 0.731 bits per heavy atom. The average Bonchev–Trinajstić information content (AvgIpc) is 3.04. The van der Waals surface area contributed by atoms with Gasteiger partial charge in [0, 0.05) is 17.3 Å². The third-order valence-corrected chi connectivity index (χ3v) is 5.84. The van der Waals surface area contributed by atoms with Crippen LogP contribution < -0.4 is 9.80 Å². The summed E-state index contributed by atoms with van der Waals surface area (Å²) in [5.41, 5.74) is 6.48. The van der Waals surface area contributed by atoms with Crippen LogP contribution in [0.5, 0.6) is 0 Å². The molecule has 0 amide bonds. The number of para-hydroxylation sites is 4. The van der Waals surface area contributed by atoms with E-state index in [2.05, 4.69) is 108 Å². The quantitative estimate of drug-likeness (QED) is 0.512. The Morgan fingerprint density at radius 2 is 1.31 bits per heavy atom. The van der Waals surface area contributed by atoms with Crippen molar-refractivity contribution in [3.8, 4) is 0 Å². The molecule has 3 aromatic carbocycles. The van der Waals surface area contributed by atoms with Crippen molar-refractivity contribution in [2.24, 2.45) is 5.92 Å². The van der Waals surface area contributed by atoms with Gasteiger partial charge in [-0.05, 0) is 41.8 Å². The third-order valence-electron chi connectivity index (χ3n) is 5.84. The standard InChI is InChI=1S/C24H22N2/c1-3-19-17(2)20-13-7-8-14-21(20)26-23-16-10-9-15-22(23)25(24(19)26)18-11-5-4-6-12-18/h3-17,19,24H,1H2,2H3. The molecule has 3 aromatic rings. The highest BCUT2D eigenvalue weighted by atomic mass is 15.4. The molecule has 2 nitrogen and oxygen atoms in total. The molecule has 0 bridgehead atoms. The van der Waals surface area contributed by atoms with Gasteiger partial charge in [-0.2, -0.15) is 0 Å². The largest absolute Gasteiger partial charge is 0.318 e. The lowest BCUT2D eigenvalue weighted by atomic mass is 9.80. The minimum Gasteiger partial charge on any atom is -0.318 e. The normalized spacial score (nSPS) is 23.2. The first-order chi connectivity index (χ1) is 12.8. The fourth-order valence-electron chi connectivity index (χ4n) is 4.65. The topological polar surface area (TPSA) is 6.48 Å². The van der Waals surface area contributed by atoms with Crippen LogP contribution in [0.2, 0.25) is 0 Å². The van der Waals surface area contributed by atoms with E-state index in [0.717, 1.165) is 0 Å². The van der Waals surface area contributed by atoms with Gasteiger partial charge in [-0.25, -0.2) is 0 Å². The van der Waals surface area contributed by atoms with Gasteiger partial charge in [-0.15, -0.1) is 6.58 Å². The van der Waals surface area contributed by atoms with Gasteiger partial charge in [-0.1, -0.05) is 61.5 Å². The SMILES string of the molecule is C=CC1C(C)c2ccccc2N2c3ccccc3N(c3ccccc3)C12. The van der Waals surface area contributed by atoms with E-state index in [1.165, 1.54) is 28.3 Å². The highest BCUT2D eigenvalue weighted by Crippen LogP contribution is 2.55. The molecule has 5 rings (SSSR count). The van der Waals surface area contributed by atoms with Gasteiger partial charge in [-0.3, -0.25) is 0 Å². The number of nitrogens with zero attached hydrogens (tertiary/aromatic N) is 2. The maximum Gasteiger partial charge on any atom is 0.118 e. The Morgan fingerprint density at radius 3 is 2.00 bits per heavy atom. The number of hydrogen-bond acceptors (Lipinski definition) is 2. The summed E-state index contributed by atoms with van der Waals surface area (Å²) in [5, 5.41) is 0. The Bertz CT molecular complexity index is 963. The van der Waals surface area contributed by atoms with E-state index >= 15 is 0 Å². The zero-order chi connectivity index (χ0) is 17.7. The molecule has 2 aliphatic rings. The lowest BCUT2D eigenvalue weighted by molar-refractivity contribution is 0.428. The number of anilines is 4. The number of rotatable bonds is 2. The molecule has 0 aliphatic carbocycles. The summed E-state index contributed by atoms with van der Waals surface area (Å²) in [5.74, 6) is 0.753. The van der Waals surface area contributed by atoms with Crippen molar-refractivity contribution in [3.05, 3.63) is 97.1 Å². The predicted molar refractivity (Wildman–Crippen MR) is 109 cm³/mol. The summed E-state index contributed by atoms with van der Waals surface area (Å²) < 4.78 is 0. The van der Waals surface area contributed by atoms with Crippen LogP contribution in [0.25, 0.3) is 0 Å². The van der Waals surface area contributed by atoms with E-state index in [1.54, 1.807) is 0 Å². The first-order valence-electron chi connectivity index (χ1n) is 9.25. The van der Waals surface area contributed by atoms with Crippen LogP contribution in [0, 0.1) is 5.92 Å². The zero-order valence-electron chi connectivity index (χ0n) is 14.9. The molecule has 3 atom stereocenters. The average molecular weight is 338 g/mol. The highest BCUT2D eigenvalue weighted by molar-refractivity contribution is 5.90. The van der Waals surface area contributed by atoms with Crippen LogP contribution in [0.15, 0.2) is 91.5 Å². The van der Waals surface area contributed by atoms with E-state index in [9.17, 15) is 0 Å². The summed E-state index contributed by atoms with van der Waals surface area (Å²) in [6.07, 6.45) is 2.34. The van der Waals surface area contributed by atoms with Gasteiger partial charge < -0.3 is 9.80 Å². The number of benzene rings is 3. The third kappa shape index (κ3) is 1.99. The van der Waals surface area contributed by atoms with E-state index in [4.69, 9.17) is 0 Å². The molecule has 0 fully saturated rings. The van der Waals surface area contributed by atoms with Crippen LogP contribution in [0.1, 0.15) is 18.4 Å². The Balaban J connectivity index is 1.79. The second-order valence-electron chi connectivity index (χ2n) is 7.14. The van der Waals surface area contributed by atoms with Crippen molar-refractivity contribution in [1.82, 2.24) is 0 Å². The number of hydrogen-bond donors (Lipinski definition) is 0. The summed E-state index contributed by atoms with van der Waals surface area (Å²) in [6, 6.07) is 28.2. The maximum atomic E-state index is 4.21. The summed E-state index contributed by atoms with van der Waals surface area (Å²) >= 11 is 0. The fourth-order valence-corrected chi connectivity index (χ4v) is 4.65. The molecule has 0 saturated heterocycles. The van der Waals surface area contributed by atoms with Crippen molar-refractivity contribution in [1.29, 1.82) is 0 Å². The van der Waals surface area contributed by atoms with Crippen LogP contribution in [-0.2, 0) is 0 Å². The molecule has 2 heteroatoms. The van der Waals surface area contributed by atoms with Gasteiger partial charge in [0.15, 0.2) is 0 Å². The van der Waals surface area contributed by atoms with Crippen LogP contribution in [0.4, 0.5) is 22.7 Å². The lowest BCUT2D eigenvalue weighted by Gasteiger charge is -2.45. The highest BCUT2D eigenvalue weighted by Gasteiger charge is 2.47.